The fraction of sp³-hybridized carbons (Fsp3) is 0.500. The van der Waals surface area contributed by atoms with Gasteiger partial charge in [0.2, 0.25) is 0 Å². The van der Waals surface area contributed by atoms with E-state index in [0.717, 1.165) is 11.7 Å². The summed E-state index contributed by atoms with van der Waals surface area (Å²) in [4.78, 5) is 22.4. The average Bonchev–Trinajstić information content (AvgIpc) is 2.64. The molecule has 88 valence electrons. The summed E-state index contributed by atoms with van der Waals surface area (Å²) in [7, 11) is 0. The van der Waals surface area contributed by atoms with Crippen LogP contribution in [0.1, 0.15) is 31.3 Å². The Bertz CT molecular complexity index is 371. The van der Waals surface area contributed by atoms with Gasteiger partial charge in [-0.05, 0) is 20.8 Å². The van der Waals surface area contributed by atoms with Crippen LogP contribution >= 0.6 is 11.7 Å². The van der Waals surface area contributed by atoms with Gasteiger partial charge in [0.15, 0.2) is 5.69 Å². The van der Waals surface area contributed by atoms with Crippen molar-refractivity contribution in [2.45, 2.75) is 26.4 Å². The molecule has 0 atom stereocenters. The number of rotatable bonds is 1. The molecule has 0 fully saturated rings. The molecule has 16 heavy (non-hydrogen) atoms. The molecule has 1 rings (SSSR count). The molecule has 0 spiro atoms. The lowest BCUT2D eigenvalue weighted by molar-refractivity contribution is 0.0483. The first-order chi connectivity index (χ1) is 7.38. The molecule has 1 aromatic rings. The fourth-order valence-electron chi connectivity index (χ4n) is 0.740. The van der Waals surface area contributed by atoms with Gasteiger partial charge in [-0.1, -0.05) is 0 Å². The highest BCUT2D eigenvalue weighted by Gasteiger charge is 2.17. The molecule has 8 heteroatoms. The number of carbonyl (C=O) groups is 2. The zero-order chi connectivity index (χ0) is 12.2. The van der Waals surface area contributed by atoms with E-state index in [4.69, 9.17) is 4.74 Å². The SMILES string of the molecule is CC(C)(C)OC(=O)NNC(=O)c1cnsn1. The van der Waals surface area contributed by atoms with Gasteiger partial charge in [0.1, 0.15) is 5.60 Å². The van der Waals surface area contributed by atoms with Gasteiger partial charge in [-0.3, -0.25) is 10.2 Å². The third-order valence-corrected chi connectivity index (χ3v) is 1.75. The van der Waals surface area contributed by atoms with Crippen molar-refractivity contribution in [3.8, 4) is 0 Å². The van der Waals surface area contributed by atoms with Crippen molar-refractivity contribution in [3.05, 3.63) is 11.9 Å². The molecule has 2 N–H and O–H groups in total. The maximum Gasteiger partial charge on any atom is 0.426 e. The van der Waals surface area contributed by atoms with Crippen molar-refractivity contribution in [2.75, 3.05) is 0 Å². The van der Waals surface area contributed by atoms with Crippen LogP contribution in [0.25, 0.3) is 0 Å². The van der Waals surface area contributed by atoms with E-state index in [1.165, 1.54) is 6.20 Å². The number of nitrogens with one attached hydrogen (secondary N) is 2. The first kappa shape index (κ1) is 12.4. The lowest BCUT2D eigenvalue weighted by atomic mass is 10.2. The Labute approximate surface area is 96.5 Å². The highest BCUT2D eigenvalue weighted by atomic mass is 32.1. The second kappa shape index (κ2) is 4.88. The summed E-state index contributed by atoms with van der Waals surface area (Å²) >= 11 is 0.907. The van der Waals surface area contributed by atoms with Crippen molar-refractivity contribution in [1.29, 1.82) is 0 Å². The van der Waals surface area contributed by atoms with E-state index in [9.17, 15) is 9.59 Å². The third kappa shape index (κ3) is 4.22. The van der Waals surface area contributed by atoms with Crippen LogP contribution in [0.15, 0.2) is 6.20 Å². The Morgan fingerprint density at radius 1 is 1.38 bits per heavy atom. The minimum absolute atomic E-state index is 0.140. The standard InChI is InChI=1S/C8H12N4O3S/c1-8(2,3)15-7(14)11-10-6(13)5-4-9-16-12-5/h4H,1-3H3,(H,10,13)(H,11,14). The molecule has 0 unspecified atom stereocenters. The molecule has 1 aromatic heterocycles. The lowest BCUT2D eigenvalue weighted by Gasteiger charge is -2.19. The van der Waals surface area contributed by atoms with Gasteiger partial charge < -0.3 is 4.74 Å². The summed E-state index contributed by atoms with van der Waals surface area (Å²) in [6, 6.07) is 0. The molecule has 7 nitrogen and oxygen atoms in total. The summed E-state index contributed by atoms with van der Waals surface area (Å²) in [6.07, 6.45) is 0.570. The van der Waals surface area contributed by atoms with Gasteiger partial charge in [0.05, 0.1) is 17.9 Å². The van der Waals surface area contributed by atoms with Crippen LogP contribution in [0.4, 0.5) is 4.79 Å². The molecule has 0 aromatic carbocycles. The van der Waals surface area contributed by atoms with Gasteiger partial charge in [-0.2, -0.15) is 8.75 Å². The highest BCUT2D eigenvalue weighted by molar-refractivity contribution is 6.99. The van der Waals surface area contributed by atoms with Crippen LogP contribution in [0.2, 0.25) is 0 Å². The number of hydrogen-bond donors (Lipinski definition) is 2. The van der Waals surface area contributed by atoms with Gasteiger partial charge in [-0.25, -0.2) is 10.2 Å². The van der Waals surface area contributed by atoms with Gasteiger partial charge >= 0.3 is 6.09 Å². The number of nitrogens with zero attached hydrogens (tertiary/aromatic N) is 2. The molecule has 2 amide bonds. The smallest absolute Gasteiger partial charge is 0.426 e. The molecule has 0 aliphatic heterocycles. The predicted octanol–water partition coefficient (Wildman–Crippen LogP) is 0.708. The third-order valence-electron chi connectivity index (χ3n) is 1.27. The molecule has 0 aliphatic carbocycles. The maximum absolute atomic E-state index is 11.3. The predicted molar refractivity (Wildman–Crippen MR) is 56.7 cm³/mol. The van der Waals surface area contributed by atoms with Crippen LogP contribution in [-0.2, 0) is 4.74 Å². The fourth-order valence-corrected chi connectivity index (χ4v) is 1.15. The van der Waals surface area contributed by atoms with Crippen molar-refractivity contribution in [3.63, 3.8) is 0 Å². The summed E-state index contributed by atoms with van der Waals surface area (Å²) in [5.41, 5.74) is 3.78. The minimum atomic E-state index is -0.732. The first-order valence-electron chi connectivity index (χ1n) is 4.45. The zero-order valence-electron chi connectivity index (χ0n) is 9.10. The molecular formula is C8H12N4O3S. The summed E-state index contributed by atoms with van der Waals surface area (Å²) in [5.74, 6) is -0.542. The maximum atomic E-state index is 11.3. The normalized spacial score (nSPS) is 10.7. The number of hydrogen-bond acceptors (Lipinski definition) is 6. The molecule has 0 saturated heterocycles. The van der Waals surface area contributed by atoms with E-state index in [2.05, 4.69) is 19.6 Å². The highest BCUT2D eigenvalue weighted by Crippen LogP contribution is 2.05. The average molecular weight is 244 g/mol. The number of ether oxygens (including phenoxy) is 1. The minimum Gasteiger partial charge on any atom is -0.443 e. The summed E-state index contributed by atoms with van der Waals surface area (Å²) in [6.45, 7) is 5.16. The topological polar surface area (TPSA) is 93.2 Å². The second-order valence-electron chi connectivity index (χ2n) is 3.87. The van der Waals surface area contributed by atoms with E-state index < -0.39 is 17.6 Å². The molecule has 0 radical (unpaired) electrons. The van der Waals surface area contributed by atoms with E-state index in [1.807, 2.05) is 0 Å². The van der Waals surface area contributed by atoms with Gasteiger partial charge in [0, 0.05) is 0 Å². The summed E-state index contributed by atoms with van der Waals surface area (Å²) < 4.78 is 12.3. The monoisotopic (exact) mass is 244 g/mol. The Morgan fingerprint density at radius 2 is 2.06 bits per heavy atom. The van der Waals surface area contributed by atoms with Gasteiger partial charge in [-0.15, -0.1) is 0 Å². The quantitative estimate of drug-likeness (QED) is 0.709. The van der Waals surface area contributed by atoms with E-state index in [1.54, 1.807) is 20.8 Å². The van der Waals surface area contributed by atoms with Crippen molar-refractivity contribution < 1.29 is 14.3 Å². The van der Waals surface area contributed by atoms with Crippen molar-refractivity contribution in [1.82, 2.24) is 19.6 Å². The van der Waals surface area contributed by atoms with Crippen molar-refractivity contribution >= 4 is 23.7 Å². The van der Waals surface area contributed by atoms with Crippen LogP contribution in [0.3, 0.4) is 0 Å². The van der Waals surface area contributed by atoms with E-state index in [0.29, 0.717) is 0 Å². The molecule has 1 heterocycles. The Kier molecular flexibility index (Phi) is 3.78. The van der Waals surface area contributed by atoms with Gasteiger partial charge in [0.25, 0.3) is 5.91 Å². The van der Waals surface area contributed by atoms with E-state index >= 15 is 0 Å². The second-order valence-corrected chi connectivity index (χ2v) is 4.43. The number of aromatic nitrogens is 2. The van der Waals surface area contributed by atoms with E-state index in [-0.39, 0.29) is 5.69 Å². The molecule has 0 aliphatic rings. The molecule has 0 bridgehead atoms. The Hall–Kier alpha value is -1.70. The molecular weight excluding hydrogens is 232 g/mol. The zero-order valence-corrected chi connectivity index (χ0v) is 9.92. The van der Waals surface area contributed by atoms with Crippen molar-refractivity contribution in [2.24, 2.45) is 0 Å². The Morgan fingerprint density at radius 3 is 2.56 bits per heavy atom. The molecule has 0 saturated carbocycles. The lowest BCUT2D eigenvalue weighted by Crippen LogP contribution is -2.44. The number of amides is 2. The summed E-state index contributed by atoms with van der Waals surface area (Å²) in [5, 5.41) is 0. The number of carbonyl (C=O) groups excluding carboxylic acids is 2. The largest absolute Gasteiger partial charge is 0.443 e. The Balaban J connectivity index is 2.35. The van der Waals surface area contributed by atoms with Crippen LogP contribution in [-0.4, -0.2) is 26.3 Å². The van der Waals surface area contributed by atoms with Crippen LogP contribution in [0.5, 0.6) is 0 Å². The first-order valence-corrected chi connectivity index (χ1v) is 5.18. The van der Waals surface area contributed by atoms with Crippen LogP contribution < -0.4 is 10.9 Å². The number of hydrazine groups is 1. The van der Waals surface area contributed by atoms with Crippen LogP contribution in [0, 0.1) is 0 Å².